The summed E-state index contributed by atoms with van der Waals surface area (Å²) in [7, 11) is -4.15. The molecule has 11 nitrogen and oxygen atoms in total. The molecule has 1 aromatic heterocycles. The summed E-state index contributed by atoms with van der Waals surface area (Å²) in [6.07, 6.45) is -0.912. The number of aromatic nitrogens is 2. The standard InChI is InChI=1S/C31H33FN4O7S/c1-18(2)20-9-13-23(14-10-20)44(40,41)36-26(29(37)38)17-19-6-15-24(25(32)16-19)27-34-28(43-35-27)21-7-11-22(12-8-21)33-30(39)42-31(3,4)5/h6-16,18,26,36H,17H2,1-5H3,(H,33,39)(H,37,38). The van der Waals surface area contributed by atoms with Gasteiger partial charge in [-0.25, -0.2) is 17.6 Å². The molecule has 3 N–H and O–H groups in total. The van der Waals surface area contributed by atoms with Gasteiger partial charge in [0.15, 0.2) is 0 Å². The van der Waals surface area contributed by atoms with Crippen LogP contribution in [0.4, 0.5) is 14.9 Å². The Bertz CT molecular complexity index is 1750. The van der Waals surface area contributed by atoms with Crippen molar-refractivity contribution >= 4 is 27.8 Å². The van der Waals surface area contributed by atoms with E-state index in [0.29, 0.717) is 11.3 Å². The number of anilines is 1. The molecule has 232 valence electrons. The lowest BCUT2D eigenvalue weighted by Crippen LogP contribution is -2.42. The highest BCUT2D eigenvalue weighted by Gasteiger charge is 2.26. The molecule has 0 radical (unpaired) electrons. The molecule has 1 amide bonds. The molecule has 0 saturated carbocycles. The number of carbonyl (C=O) groups excluding carboxylic acids is 1. The number of rotatable bonds is 10. The topological polar surface area (TPSA) is 161 Å². The molecule has 4 aromatic rings. The zero-order valence-electron chi connectivity index (χ0n) is 24.8. The summed E-state index contributed by atoms with van der Waals surface area (Å²) in [4.78, 5) is 28.1. The van der Waals surface area contributed by atoms with E-state index in [0.717, 1.165) is 11.6 Å². The number of benzene rings is 3. The molecule has 0 fully saturated rings. The summed E-state index contributed by atoms with van der Waals surface area (Å²) < 4.78 is 53.6. The fourth-order valence-electron chi connectivity index (χ4n) is 4.14. The number of carboxylic acid groups (broad SMARTS) is 1. The highest BCUT2D eigenvalue weighted by molar-refractivity contribution is 7.89. The molecular formula is C31H33FN4O7S. The lowest BCUT2D eigenvalue weighted by molar-refractivity contribution is -0.138. The van der Waals surface area contributed by atoms with Crippen LogP contribution in [0.5, 0.6) is 0 Å². The molecule has 0 bridgehead atoms. The van der Waals surface area contributed by atoms with Crippen molar-refractivity contribution < 1.29 is 36.8 Å². The Labute approximate surface area is 254 Å². The second-order valence-electron chi connectivity index (χ2n) is 11.4. The van der Waals surface area contributed by atoms with Gasteiger partial charge in [0.05, 0.1) is 10.5 Å². The van der Waals surface area contributed by atoms with Crippen LogP contribution in [0.3, 0.4) is 0 Å². The first-order valence-corrected chi connectivity index (χ1v) is 15.2. The molecule has 44 heavy (non-hydrogen) atoms. The van der Waals surface area contributed by atoms with Crippen LogP contribution in [-0.4, -0.2) is 47.4 Å². The molecule has 0 aliphatic rings. The van der Waals surface area contributed by atoms with Gasteiger partial charge in [0, 0.05) is 11.3 Å². The predicted octanol–water partition coefficient (Wildman–Crippen LogP) is 5.99. The van der Waals surface area contributed by atoms with Crippen molar-refractivity contribution in [2.75, 3.05) is 5.32 Å². The van der Waals surface area contributed by atoms with Crippen LogP contribution in [0.2, 0.25) is 0 Å². The largest absolute Gasteiger partial charge is 0.480 e. The fraction of sp³-hybridized carbons (Fsp3) is 0.290. The molecule has 0 aliphatic carbocycles. The molecule has 3 aromatic carbocycles. The van der Waals surface area contributed by atoms with Gasteiger partial charge in [0.25, 0.3) is 5.89 Å². The molecule has 1 heterocycles. The third kappa shape index (κ3) is 8.26. The van der Waals surface area contributed by atoms with E-state index in [2.05, 4.69) is 20.2 Å². The van der Waals surface area contributed by atoms with E-state index in [1.54, 1.807) is 57.2 Å². The van der Waals surface area contributed by atoms with Crippen LogP contribution in [0.25, 0.3) is 22.8 Å². The van der Waals surface area contributed by atoms with Crippen molar-refractivity contribution in [1.29, 1.82) is 0 Å². The van der Waals surface area contributed by atoms with Crippen molar-refractivity contribution in [1.82, 2.24) is 14.9 Å². The molecule has 0 saturated heterocycles. The number of halogens is 1. The van der Waals surface area contributed by atoms with Crippen LogP contribution in [0.1, 0.15) is 51.7 Å². The highest BCUT2D eigenvalue weighted by Crippen LogP contribution is 2.26. The van der Waals surface area contributed by atoms with Crippen molar-refractivity contribution in [2.24, 2.45) is 0 Å². The van der Waals surface area contributed by atoms with Crippen molar-refractivity contribution in [2.45, 2.75) is 63.5 Å². The molecule has 0 spiro atoms. The Hall–Kier alpha value is -4.62. The molecule has 4 rings (SSSR count). The lowest BCUT2D eigenvalue weighted by Gasteiger charge is -2.19. The van der Waals surface area contributed by atoms with Crippen molar-refractivity contribution in [3.05, 3.63) is 83.7 Å². The Morgan fingerprint density at radius 2 is 1.68 bits per heavy atom. The molecular weight excluding hydrogens is 591 g/mol. The third-order valence-electron chi connectivity index (χ3n) is 6.37. The molecule has 1 unspecified atom stereocenters. The Morgan fingerprint density at radius 3 is 2.25 bits per heavy atom. The summed E-state index contributed by atoms with van der Waals surface area (Å²) in [6, 6.07) is 15.1. The van der Waals surface area contributed by atoms with Crippen LogP contribution in [-0.2, 0) is 26.0 Å². The van der Waals surface area contributed by atoms with E-state index in [4.69, 9.17) is 9.26 Å². The average molecular weight is 625 g/mol. The first-order chi connectivity index (χ1) is 20.6. The lowest BCUT2D eigenvalue weighted by atomic mass is 10.0. The molecule has 1 atom stereocenters. The Morgan fingerprint density at radius 1 is 1.02 bits per heavy atom. The van der Waals surface area contributed by atoms with Crippen LogP contribution >= 0.6 is 0 Å². The third-order valence-corrected chi connectivity index (χ3v) is 7.86. The quantitative estimate of drug-likeness (QED) is 0.193. The minimum absolute atomic E-state index is 0.00432. The maximum atomic E-state index is 15.1. The molecule has 0 aliphatic heterocycles. The Kier molecular flexibility index (Phi) is 9.50. The maximum absolute atomic E-state index is 15.1. The summed E-state index contributed by atoms with van der Waals surface area (Å²) in [6.45, 7) is 9.20. The van der Waals surface area contributed by atoms with Crippen molar-refractivity contribution in [3.63, 3.8) is 0 Å². The summed E-state index contributed by atoms with van der Waals surface area (Å²) in [5.41, 5.74) is 1.54. The van der Waals surface area contributed by atoms with Gasteiger partial charge in [-0.1, -0.05) is 37.2 Å². The minimum Gasteiger partial charge on any atom is -0.480 e. The van der Waals surface area contributed by atoms with Gasteiger partial charge in [0.1, 0.15) is 17.5 Å². The van der Waals surface area contributed by atoms with E-state index < -0.39 is 39.5 Å². The molecule has 13 heteroatoms. The van der Waals surface area contributed by atoms with Gasteiger partial charge in [-0.05, 0) is 92.8 Å². The summed E-state index contributed by atoms with van der Waals surface area (Å²) >= 11 is 0. The first kappa shape index (κ1) is 32.3. The summed E-state index contributed by atoms with van der Waals surface area (Å²) in [5, 5.41) is 16.2. The fourth-order valence-corrected chi connectivity index (χ4v) is 5.33. The number of carboxylic acids is 1. The first-order valence-electron chi connectivity index (χ1n) is 13.7. The van der Waals surface area contributed by atoms with Gasteiger partial charge in [-0.2, -0.15) is 9.71 Å². The van der Waals surface area contributed by atoms with Crippen LogP contribution in [0, 0.1) is 5.82 Å². The van der Waals surface area contributed by atoms with E-state index in [1.807, 2.05) is 13.8 Å². The number of ether oxygens (including phenoxy) is 1. The van der Waals surface area contributed by atoms with E-state index in [1.165, 1.54) is 24.3 Å². The summed E-state index contributed by atoms with van der Waals surface area (Å²) in [5.74, 6) is -1.89. The van der Waals surface area contributed by atoms with Gasteiger partial charge < -0.3 is 14.4 Å². The second kappa shape index (κ2) is 12.9. The predicted molar refractivity (Wildman–Crippen MR) is 161 cm³/mol. The van der Waals surface area contributed by atoms with Crippen molar-refractivity contribution in [3.8, 4) is 22.8 Å². The monoisotopic (exact) mass is 624 g/mol. The van der Waals surface area contributed by atoms with E-state index in [9.17, 15) is 23.1 Å². The van der Waals surface area contributed by atoms with E-state index in [-0.39, 0.29) is 40.1 Å². The number of amides is 1. The van der Waals surface area contributed by atoms with Crippen LogP contribution in [0.15, 0.2) is 76.1 Å². The minimum atomic E-state index is -4.15. The SMILES string of the molecule is CC(C)c1ccc(S(=O)(=O)NC(Cc2ccc(-c3noc(-c4ccc(NC(=O)OC(C)(C)C)cc4)n3)c(F)c2)C(=O)O)cc1. The number of carbonyl (C=O) groups is 2. The van der Waals surface area contributed by atoms with E-state index >= 15 is 4.39 Å². The average Bonchev–Trinajstić information content (AvgIpc) is 3.42. The smallest absolute Gasteiger partial charge is 0.412 e. The zero-order valence-corrected chi connectivity index (χ0v) is 25.6. The Balaban J connectivity index is 1.45. The number of hydrogen-bond donors (Lipinski definition) is 3. The van der Waals surface area contributed by atoms with Gasteiger partial charge >= 0.3 is 12.1 Å². The number of sulfonamides is 1. The normalized spacial score (nSPS) is 12.6. The van der Waals surface area contributed by atoms with Gasteiger partial charge in [-0.3, -0.25) is 10.1 Å². The number of nitrogens with one attached hydrogen (secondary N) is 2. The second-order valence-corrected chi connectivity index (χ2v) is 13.1. The maximum Gasteiger partial charge on any atom is 0.412 e. The highest BCUT2D eigenvalue weighted by atomic mass is 32.2. The van der Waals surface area contributed by atoms with Crippen LogP contribution < -0.4 is 10.0 Å². The number of aliphatic carboxylic acids is 1. The van der Waals surface area contributed by atoms with Gasteiger partial charge in [-0.15, -0.1) is 0 Å². The number of hydrogen-bond acceptors (Lipinski definition) is 8. The number of nitrogens with zero attached hydrogens (tertiary/aromatic N) is 2. The van der Waals surface area contributed by atoms with Gasteiger partial charge in [0.2, 0.25) is 15.8 Å². The zero-order chi connectivity index (χ0) is 32.2.